The van der Waals surface area contributed by atoms with Gasteiger partial charge in [-0.1, -0.05) is 11.8 Å². The van der Waals surface area contributed by atoms with Crippen LogP contribution in [0.2, 0.25) is 0 Å². The first-order valence-electron chi connectivity index (χ1n) is 7.29. The van der Waals surface area contributed by atoms with Gasteiger partial charge in [0.05, 0.1) is 12.8 Å². The van der Waals surface area contributed by atoms with Crippen molar-refractivity contribution in [1.29, 1.82) is 0 Å². The molecule has 1 amide bonds. The molecule has 0 atom stereocenters. The summed E-state index contributed by atoms with van der Waals surface area (Å²) >= 11 is 0. The Morgan fingerprint density at radius 1 is 1.25 bits per heavy atom. The minimum absolute atomic E-state index is 0.220. The molecule has 0 saturated heterocycles. The third-order valence-corrected chi connectivity index (χ3v) is 3.07. The van der Waals surface area contributed by atoms with Gasteiger partial charge in [-0.25, -0.2) is 0 Å². The van der Waals surface area contributed by atoms with Crippen molar-refractivity contribution in [2.45, 2.75) is 0 Å². The highest BCUT2D eigenvalue weighted by Crippen LogP contribution is 2.34. The van der Waals surface area contributed by atoms with Crippen molar-refractivity contribution < 1.29 is 23.4 Å². The van der Waals surface area contributed by atoms with E-state index in [1.807, 2.05) is 0 Å². The maximum absolute atomic E-state index is 11.5. The van der Waals surface area contributed by atoms with E-state index < -0.39 is 0 Å². The second kappa shape index (κ2) is 7.79. The molecule has 6 heteroatoms. The predicted octanol–water partition coefficient (Wildman–Crippen LogP) is 2.22. The second-order valence-electron chi connectivity index (χ2n) is 4.72. The number of fused-ring (bicyclic) bond motifs is 1. The van der Waals surface area contributed by atoms with Gasteiger partial charge in [0.2, 0.25) is 12.7 Å². The number of carbonyl (C=O) groups excluding carboxylic acids is 1. The van der Waals surface area contributed by atoms with Gasteiger partial charge in [0.15, 0.2) is 11.5 Å². The Morgan fingerprint density at radius 3 is 3.04 bits per heavy atom. The van der Waals surface area contributed by atoms with Crippen LogP contribution in [0.25, 0.3) is 6.08 Å². The normalized spacial score (nSPS) is 11.8. The molecule has 1 aromatic carbocycles. The van der Waals surface area contributed by atoms with Gasteiger partial charge in [-0.3, -0.25) is 4.79 Å². The van der Waals surface area contributed by atoms with Gasteiger partial charge in [-0.15, -0.1) is 0 Å². The lowest BCUT2D eigenvalue weighted by molar-refractivity contribution is -0.116. The van der Waals surface area contributed by atoms with Crippen LogP contribution in [-0.2, 0) is 4.79 Å². The lowest BCUT2D eigenvalue weighted by Crippen LogP contribution is -2.21. The third kappa shape index (κ3) is 4.34. The number of benzene rings is 1. The number of hydrogen-bond acceptors (Lipinski definition) is 5. The van der Waals surface area contributed by atoms with Crippen LogP contribution in [0.1, 0.15) is 5.76 Å². The Hall–Kier alpha value is -3.33. The van der Waals surface area contributed by atoms with E-state index in [-0.39, 0.29) is 25.9 Å². The molecule has 1 aliphatic rings. The molecule has 0 unspecified atom stereocenters. The van der Waals surface area contributed by atoms with E-state index in [0.29, 0.717) is 23.0 Å². The van der Waals surface area contributed by atoms with Crippen LogP contribution in [0.15, 0.2) is 47.1 Å². The Morgan fingerprint density at radius 2 is 2.17 bits per heavy atom. The van der Waals surface area contributed by atoms with Crippen LogP contribution >= 0.6 is 0 Å². The highest BCUT2D eigenvalue weighted by molar-refractivity contribution is 5.91. The van der Waals surface area contributed by atoms with Crippen molar-refractivity contribution in [1.82, 2.24) is 5.32 Å². The summed E-state index contributed by atoms with van der Waals surface area (Å²) in [6.07, 6.45) is 4.53. The zero-order valence-electron chi connectivity index (χ0n) is 12.8. The van der Waals surface area contributed by atoms with E-state index in [4.69, 9.17) is 18.6 Å². The quantitative estimate of drug-likeness (QED) is 0.674. The molecule has 1 aliphatic heterocycles. The van der Waals surface area contributed by atoms with Crippen molar-refractivity contribution in [2.75, 3.05) is 19.9 Å². The number of furan rings is 1. The zero-order valence-corrected chi connectivity index (χ0v) is 12.8. The largest absolute Gasteiger partial charge is 0.481 e. The number of carbonyl (C=O) groups is 1. The van der Waals surface area contributed by atoms with E-state index >= 15 is 0 Å². The molecule has 1 aromatic heterocycles. The molecule has 0 radical (unpaired) electrons. The third-order valence-electron chi connectivity index (χ3n) is 3.07. The first-order valence-corrected chi connectivity index (χ1v) is 7.29. The lowest BCUT2D eigenvalue weighted by Gasteiger charge is -2.02. The summed E-state index contributed by atoms with van der Waals surface area (Å²) in [6, 6.07) is 8.85. The highest BCUT2D eigenvalue weighted by Gasteiger charge is 2.13. The van der Waals surface area contributed by atoms with Crippen LogP contribution in [0.3, 0.4) is 0 Å². The molecule has 24 heavy (non-hydrogen) atoms. The Bertz CT molecular complexity index is 783. The molecule has 2 heterocycles. The number of hydrogen-bond donors (Lipinski definition) is 1. The van der Waals surface area contributed by atoms with Crippen LogP contribution in [0.5, 0.6) is 17.2 Å². The van der Waals surface area contributed by atoms with Crippen LogP contribution in [0.4, 0.5) is 0 Å². The molecule has 0 spiro atoms. The molecule has 3 rings (SSSR count). The first-order chi connectivity index (χ1) is 11.8. The van der Waals surface area contributed by atoms with Gasteiger partial charge in [-0.2, -0.15) is 0 Å². The maximum atomic E-state index is 11.5. The monoisotopic (exact) mass is 325 g/mol. The van der Waals surface area contributed by atoms with Gasteiger partial charge >= 0.3 is 0 Å². The Labute approximate surface area is 139 Å². The van der Waals surface area contributed by atoms with Crippen molar-refractivity contribution in [3.63, 3.8) is 0 Å². The molecule has 0 fully saturated rings. The summed E-state index contributed by atoms with van der Waals surface area (Å²) in [6.45, 7) is 0.691. The van der Waals surface area contributed by atoms with Gasteiger partial charge in [0, 0.05) is 12.1 Å². The standard InChI is InChI=1S/C18H15NO5/c20-18(8-6-14-4-3-11-21-14)19-9-1-2-10-22-15-5-7-16-17(12-15)24-13-23-16/h3-8,11-12H,9-10,13H2,(H,19,20)/b8-6+. The summed E-state index contributed by atoms with van der Waals surface area (Å²) in [5, 5.41) is 2.64. The van der Waals surface area contributed by atoms with Crippen molar-refractivity contribution >= 4 is 12.0 Å². The average Bonchev–Trinajstić information content (AvgIpc) is 3.26. The predicted molar refractivity (Wildman–Crippen MR) is 86.6 cm³/mol. The second-order valence-corrected chi connectivity index (χ2v) is 4.72. The first kappa shape index (κ1) is 15.6. The number of ether oxygens (including phenoxy) is 3. The lowest BCUT2D eigenvalue weighted by atomic mass is 10.3. The van der Waals surface area contributed by atoms with Crippen molar-refractivity contribution in [2.24, 2.45) is 0 Å². The molecular formula is C18H15NO5. The highest BCUT2D eigenvalue weighted by atomic mass is 16.7. The van der Waals surface area contributed by atoms with E-state index in [1.165, 1.54) is 6.08 Å². The summed E-state index contributed by atoms with van der Waals surface area (Å²) in [5.74, 6) is 8.04. The smallest absolute Gasteiger partial charge is 0.244 e. The Balaban J connectivity index is 1.36. The fourth-order valence-electron chi connectivity index (χ4n) is 1.93. The molecule has 0 saturated carbocycles. The fraction of sp³-hybridized carbons (Fsp3) is 0.167. The van der Waals surface area contributed by atoms with Crippen LogP contribution in [-0.4, -0.2) is 25.9 Å². The van der Waals surface area contributed by atoms with Gasteiger partial charge in [0.1, 0.15) is 18.1 Å². The molecule has 6 nitrogen and oxygen atoms in total. The number of amides is 1. The molecular weight excluding hydrogens is 310 g/mol. The fourth-order valence-corrected chi connectivity index (χ4v) is 1.93. The van der Waals surface area contributed by atoms with Crippen LogP contribution < -0.4 is 19.5 Å². The zero-order chi connectivity index (χ0) is 16.6. The Kier molecular flexibility index (Phi) is 5.05. The van der Waals surface area contributed by atoms with E-state index in [1.54, 1.807) is 42.7 Å². The minimum Gasteiger partial charge on any atom is -0.481 e. The molecule has 0 bridgehead atoms. The molecule has 0 aliphatic carbocycles. The van der Waals surface area contributed by atoms with E-state index in [0.717, 1.165) is 0 Å². The molecule has 1 N–H and O–H groups in total. The van der Waals surface area contributed by atoms with Gasteiger partial charge in [0.25, 0.3) is 0 Å². The van der Waals surface area contributed by atoms with Crippen LogP contribution in [0, 0.1) is 11.8 Å². The van der Waals surface area contributed by atoms with Crippen molar-refractivity contribution in [3.8, 4) is 29.1 Å². The minimum atomic E-state index is -0.239. The summed E-state index contributed by atoms with van der Waals surface area (Å²) in [4.78, 5) is 11.5. The van der Waals surface area contributed by atoms with Gasteiger partial charge in [-0.05, 0) is 30.3 Å². The van der Waals surface area contributed by atoms with Crippen molar-refractivity contribution in [3.05, 3.63) is 48.4 Å². The maximum Gasteiger partial charge on any atom is 0.244 e. The molecule has 122 valence electrons. The average molecular weight is 325 g/mol. The number of rotatable bonds is 5. The summed E-state index contributed by atoms with van der Waals surface area (Å²) < 4.78 is 21.1. The molecule has 2 aromatic rings. The van der Waals surface area contributed by atoms with E-state index in [9.17, 15) is 4.79 Å². The summed E-state index contributed by atoms with van der Waals surface area (Å²) in [7, 11) is 0. The van der Waals surface area contributed by atoms with E-state index in [2.05, 4.69) is 17.2 Å². The SMILES string of the molecule is O=C(/C=C/c1ccco1)NCC#CCOc1ccc2c(c1)OCO2. The number of nitrogens with one attached hydrogen (secondary N) is 1. The topological polar surface area (TPSA) is 69.9 Å². The van der Waals surface area contributed by atoms with Gasteiger partial charge < -0.3 is 23.9 Å². The summed E-state index contributed by atoms with van der Waals surface area (Å²) in [5.41, 5.74) is 0.